The maximum absolute atomic E-state index is 11.6. The molecule has 6 heteroatoms. The van der Waals surface area contributed by atoms with Crippen LogP contribution in [0.15, 0.2) is 23.1 Å². The lowest BCUT2D eigenvalue weighted by Crippen LogP contribution is -2.27. The van der Waals surface area contributed by atoms with Gasteiger partial charge in [0.1, 0.15) is 0 Å². The van der Waals surface area contributed by atoms with Crippen LogP contribution in [0, 0.1) is 3.57 Å². The van der Waals surface area contributed by atoms with E-state index in [1.807, 2.05) is 22.6 Å². The van der Waals surface area contributed by atoms with Crippen LogP contribution in [-0.4, -0.2) is 24.0 Å². The maximum atomic E-state index is 11.6. The molecule has 0 spiro atoms. The number of hydrogen-bond acceptors (Lipinski definition) is 3. The maximum Gasteiger partial charge on any atom is 0.263 e. The van der Waals surface area contributed by atoms with Crippen LogP contribution < -0.4 is 5.56 Å². The third-order valence-corrected chi connectivity index (χ3v) is 5.32. The number of nitrogens with zero attached hydrogens (tertiary/aromatic N) is 1. The van der Waals surface area contributed by atoms with E-state index < -0.39 is 15.1 Å². The van der Waals surface area contributed by atoms with Crippen molar-refractivity contribution >= 4 is 32.4 Å². The quantitative estimate of drug-likeness (QED) is 0.765. The zero-order valence-electron chi connectivity index (χ0n) is 9.18. The summed E-state index contributed by atoms with van der Waals surface area (Å²) in [6.07, 6.45) is 1.61. The number of hydrogen-bond donors (Lipinski definition) is 0. The summed E-state index contributed by atoms with van der Waals surface area (Å²) < 4.78 is 25.2. The van der Waals surface area contributed by atoms with E-state index in [0.29, 0.717) is 3.57 Å². The molecule has 90 valence electrons. The first-order valence-corrected chi connectivity index (χ1v) is 7.70. The summed E-state index contributed by atoms with van der Waals surface area (Å²) in [6.45, 7) is 3.51. The van der Waals surface area contributed by atoms with Crippen LogP contribution in [-0.2, 0) is 16.4 Å². The molecule has 0 aliphatic rings. The molecule has 0 saturated carbocycles. The molecule has 16 heavy (non-hydrogen) atoms. The summed E-state index contributed by atoms with van der Waals surface area (Å²) in [7, 11) is -3.09. The van der Waals surface area contributed by atoms with E-state index in [0.717, 1.165) is 0 Å². The molecule has 0 saturated heterocycles. The Morgan fingerprint density at radius 2 is 2.06 bits per heavy atom. The van der Waals surface area contributed by atoms with Crippen molar-refractivity contribution in [2.45, 2.75) is 25.6 Å². The van der Waals surface area contributed by atoms with Gasteiger partial charge in [0, 0.05) is 12.7 Å². The van der Waals surface area contributed by atoms with Gasteiger partial charge in [-0.05, 0) is 48.6 Å². The predicted molar refractivity (Wildman–Crippen MR) is 72.3 cm³/mol. The molecule has 0 aromatic carbocycles. The van der Waals surface area contributed by atoms with Crippen molar-refractivity contribution in [2.24, 2.45) is 0 Å². The highest BCUT2D eigenvalue weighted by molar-refractivity contribution is 14.1. The lowest BCUT2D eigenvalue weighted by atomic mass is 10.5. The van der Waals surface area contributed by atoms with Crippen LogP contribution in [0.3, 0.4) is 0 Å². The monoisotopic (exact) mass is 355 g/mol. The number of sulfone groups is 1. The van der Waals surface area contributed by atoms with Gasteiger partial charge in [0.25, 0.3) is 5.56 Å². The third-order valence-electron chi connectivity index (χ3n) is 2.31. The number of rotatable bonds is 4. The molecule has 0 bridgehead atoms. The van der Waals surface area contributed by atoms with E-state index in [2.05, 4.69) is 0 Å². The molecular formula is C10H14INO3S. The molecule has 0 aliphatic carbocycles. The zero-order valence-corrected chi connectivity index (χ0v) is 12.2. The summed E-state index contributed by atoms with van der Waals surface area (Å²) >= 11 is 1.94. The van der Waals surface area contributed by atoms with Crippen LogP contribution in [0.4, 0.5) is 0 Å². The Kier molecular flexibility index (Phi) is 4.54. The van der Waals surface area contributed by atoms with Gasteiger partial charge in [-0.3, -0.25) is 4.79 Å². The highest BCUT2D eigenvalue weighted by atomic mass is 127. The second-order valence-corrected chi connectivity index (χ2v) is 7.61. The predicted octanol–water partition coefficient (Wildman–Crippen LogP) is 1.28. The van der Waals surface area contributed by atoms with Crippen molar-refractivity contribution < 1.29 is 8.42 Å². The smallest absolute Gasteiger partial charge is 0.263 e. The van der Waals surface area contributed by atoms with Gasteiger partial charge in [0.05, 0.1) is 14.6 Å². The SMILES string of the molecule is CC(C)S(=O)(=O)CCn1cccc(I)c1=O. The normalized spacial score (nSPS) is 12.0. The molecule has 0 N–H and O–H groups in total. The van der Waals surface area contributed by atoms with Crippen LogP contribution in [0.25, 0.3) is 0 Å². The number of aromatic nitrogens is 1. The first-order valence-electron chi connectivity index (χ1n) is 4.91. The standard InChI is InChI=1S/C10H14INO3S/c1-8(2)16(14,15)7-6-12-5-3-4-9(11)10(12)13/h3-5,8H,6-7H2,1-2H3. The van der Waals surface area contributed by atoms with Crippen molar-refractivity contribution in [3.05, 3.63) is 32.3 Å². The average Bonchev–Trinajstić information content (AvgIpc) is 2.20. The van der Waals surface area contributed by atoms with Crippen LogP contribution in [0.2, 0.25) is 0 Å². The fraction of sp³-hybridized carbons (Fsp3) is 0.500. The van der Waals surface area contributed by atoms with Crippen molar-refractivity contribution in [3.63, 3.8) is 0 Å². The van der Waals surface area contributed by atoms with Gasteiger partial charge < -0.3 is 4.57 Å². The first kappa shape index (κ1) is 13.7. The highest BCUT2D eigenvalue weighted by Gasteiger charge is 2.16. The highest BCUT2D eigenvalue weighted by Crippen LogP contribution is 2.02. The largest absolute Gasteiger partial charge is 0.314 e. The van der Waals surface area contributed by atoms with Gasteiger partial charge in [-0.2, -0.15) is 0 Å². The van der Waals surface area contributed by atoms with Crippen molar-refractivity contribution in [1.29, 1.82) is 0 Å². The molecule has 0 fully saturated rings. The van der Waals surface area contributed by atoms with Gasteiger partial charge in [-0.25, -0.2) is 8.42 Å². The molecule has 0 atom stereocenters. The summed E-state index contributed by atoms with van der Waals surface area (Å²) in [4.78, 5) is 11.6. The van der Waals surface area contributed by atoms with E-state index in [-0.39, 0.29) is 17.9 Å². The molecule has 1 rings (SSSR count). The van der Waals surface area contributed by atoms with Gasteiger partial charge in [-0.1, -0.05) is 0 Å². The van der Waals surface area contributed by atoms with Gasteiger partial charge in [0.15, 0.2) is 9.84 Å². The minimum absolute atomic E-state index is 0.00463. The molecule has 0 unspecified atom stereocenters. The average molecular weight is 355 g/mol. The van der Waals surface area contributed by atoms with E-state index in [1.165, 1.54) is 4.57 Å². The molecule has 1 heterocycles. The Morgan fingerprint density at radius 3 is 2.62 bits per heavy atom. The van der Waals surface area contributed by atoms with Crippen molar-refractivity contribution in [2.75, 3.05) is 5.75 Å². The Morgan fingerprint density at radius 1 is 1.44 bits per heavy atom. The van der Waals surface area contributed by atoms with Gasteiger partial charge in [-0.15, -0.1) is 0 Å². The minimum Gasteiger partial charge on any atom is -0.314 e. The zero-order chi connectivity index (χ0) is 12.3. The summed E-state index contributed by atoms with van der Waals surface area (Å²) in [6, 6.07) is 3.45. The van der Waals surface area contributed by atoms with E-state index in [4.69, 9.17) is 0 Å². The van der Waals surface area contributed by atoms with E-state index in [9.17, 15) is 13.2 Å². The topological polar surface area (TPSA) is 56.1 Å². The van der Waals surface area contributed by atoms with Crippen LogP contribution >= 0.6 is 22.6 Å². The fourth-order valence-electron chi connectivity index (χ4n) is 1.14. The van der Waals surface area contributed by atoms with Gasteiger partial charge in [0.2, 0.25) is 0 Å². The third kappa shape index (κ3) is 3.31. The molecular weight excluding hydrogens is 341 g/mol. The lowest BCUT2D eigenvalue weighted by molar-refractivity contribution is 0.578. The van der Waals surface area contributed by atoms with Crippen LogP contribution in [0.5, 0.6) is 0 Å². The molecule has 1 aromatic rings. The first-order chi connectivity index (χ1) is 7.34. The Hall–Kier alpha value is -0.370. The molecule has 0 amide bonds. The van der Waals surface area contributed by atoms with E-state index in [1.54, 1.807) is 32.2 Å². The second kappa shape index (κ2) is 5.31. The molecule has 0 aliphatic heterocycles. The lowest BCUT2D eigenvalue weighted by Gasteiger charge is -2.09. The van der Waals surface area contributed by atoms with E-state index >= 15 is 0 Å². The Bertz CT molecular complexity index is 519. The summed E-state index contributed by atoms with van der Waals surface area (Å²) in [5, 5.41) is -0.397. The Balaban J connectivity index is 2.85. The van der Waals surface area contributed by atoms with Crippen molar-refractivity contribution in [3.8, 4) is 0 Å². The van der Waals surface area contributed by atoms with Crippen molar-refractivity contribution in [1.82, 2.24) is 4.57 Å². The molecule has 0 radical (unpaired) electrons. The molecule has 4 nitrogen and oxygen atoms in total. The van der Waals surface area contributed by atoms with Crippen LogP contribution in [0.1, 0.15) is 13.8 Å². The number of pyridine rings is 1. The second-order valence-electron chi connectivity index (χ2n) is 3.77. The number of halogens is 1. The Labute approximate surface area is 109 Å². The molecule has 1 aromatic heterocycles. The number of aryl methyl sites for hydroxylation is 1. The fourth-order valence-corrected chi connectivity index (χ4v) is 2.58. The minimum atomic E-state index is -3.09. The summed E-state index contributed by atoms with van der Waals surface area (Å²) in [5.74, 6) is 0.00463. The van der Waals surface area contributed by atoms with Gasteiger partial charge >= 0.3 is 0 Å². The summed E-state index contributed by atoms with van der Waals surface area (Å²) in [5.41, 5.74) is -0.137.